The summed E-state index contributed by atoms with van der Waals surface area (Å²) < 4.78 is 24.6. The number of ether oxygens (including phenoxy) is 1. The highest BCUT2D eigenvalue weighted by Gasteiger charge is 2.25. The molecule has 1 aromatic heterocycles. The zero-order valence-electron chi connectivity index (χ0n) is 18.1. The van der Waals surface area contributed by atoms with Crippen molar-refractivity contribution in [3.05, 3.63) is 60.1 Å². The number of primary amides is 1. The summed E-state index contributed by atoms with van der Waals surface area (Å²) in [5.41, 5.74) is 9.19. The SMILES string of the molecule is COc1cc2occ(-c3ccc(F)cc3)c2cc1/C(C)=C/C(=O)N1CCC(C(N)=O)CC1. The van der Waals surface area contributed by atoms with E-state index in [4.69, 9.17) is 14.9 Å². The molecule has 6 nitrogen and oxygen atoms in total. The molecule has 0 spiro atoms. The van der Waals surface area contributed by atoms with Crippen LogP contribution in [-0.2, 0) is 9.59 Å². The molecule has 2 N–H and O–H groups in total. The van der Waals surface area contributed by atoms with Gasteiger partial charge in [-0.1, -0.05) is 12.1 Å². The van der Waals surface area contributed by atoms with Gasteiger partial charge in [-0.2, -0.15) is 0 Å². The maximum atomic E-state index is 13.3. The van der Waals surface area contributed by atoms with Crippen LogP contribution in [0.3, 0.4) is 0 Å². The molecule has 1 saturated heterocycles. The maximum absolute atomic E-state index is 13.3. The van der Waals surface area contributed by atoms with E-state index in [1.165, 1.54) is 12.1 Å². The van der Waals surface area contributed by atoms with Gasteiger partial charge in [-0.05, 0) is 49.1 Å². The van der Waals surface area contributed by atoms with E-state index in [1.54, 1.807) is 42.5 Å². The van der Waals surface area contributed by atoms with Gasteiger partial charge in [0.1, 0.15) is 17.1 Å². The quantitative estimate of drug-likeness (QED) is 0.602. The summed E-state index contributed by atoms with van der Waals surface area (Å²) in [5, 5.41) is 0.842. The Bertz CT molecular complexity index is 1190. The first-order chi connectivity index (χ1) is 15.4. The van der Waals surface area contributed by atoms with Crippen molar-refractivity contribution in [3.63, 3.8) is 0 Å². The number of benzene rings is 2. The number of nitrogens with zero attached hydrogens (tertiary/aromatic N) is 1. The zero-order chi connectivity index (χ0) is 22.8. The predicted molar refractivity (Wildman–Crippen MR) is 120 cm³/mol. The first kappa shape index (κ1) is 21.6. The molecular formula is C25H25FN2O4. The number of fused-ring (bicyclic) bond motifs is 1. The van der Waals surface area contributed by atoms with Crippen molar-refractivity contribution < 1.29 is 23.1 Å². The lowest BCUT2D eigenvalue weighted by atomic mass is 9.96. The Kier molecular flexibility index (Phi) is 5.99. The first-order valence-electron chi connectivity index (χ1n) is 10.5. The molecule has 0 aliphatic carbocycles. The molecule has 2 heterocycles. The second-order valence-electron chi connectivity index (χ2n) is 8.03. The van der Waals surface area contributed by atoms with E-state index in [9.17, 15) is 14.0 Å². The lowest BCUT2D eigenvalue weighted by molar-refractivity contribution is -0.130. The summed E-state index contributed by atoms with van der Waals surface area (Å²) in [6, 6.07) is 9.93. The average Bonchev–Trinajstić information content (AvgIpc) is 3.21. The molecule has 3 aromatic rings. The fourth-order valence-electron chi connectivity index (χ4n) is 4.12. The molecule has 2 amide bonds. The van der Waals surface area contributed by atoms with E-state index in [0.29, 0.717) is 37.3 Å². The molecular weight excluding hydrogens is 411 g/mol. The Morgan fingerprint density at radius 1 is 1.19 bits per heavy atom. The van der Waals surface area contributed by atoms with E-state index < -0.39 is 0 Å². The number of carbonyl (C=O) groups is 2. The van der Waals surface area contributed by atoms with Gasteiger partial charge in [-0.25, -0.2) is 4.39 Å². The number of hydrogen-bond acceptors (Lipinski definition) is 4. The smallest absolute Gasteiger partial charge is 0.246 e. The molecule has 4 rings (SSSR count). The summed E-state index contributed by atoms with van der Waals surface area (Å²) in [6.07, 6.45) is 4.39. The highest BCUT2D eigenvalue weighted by Crippen LogP contribution is 2.37. The molecule has 166 valence electrons. The number of furan rings is 1. The van der Waals surface area contributed by atoms with Crippen LogP contribution in [0, 0.1) is 11.7 Å². The number of hydrogen-bond donors (Lipinski definition) is 1. The highest BCUT2D eigenvalue weighted by molar-refractivity contribution is 6.00. The van der Waals surface area contributed by atoms with Crippen LogP contribution in [0.5, 0.6) is 5.75 Å². The largest absolute Gasteiger partial charge is 0.496 e. The number of amides is 2. The van der Waals surface area contributed by atoms with Crippen LogP contribution in [0.2, 0.25) is 0 Å². The summed E-state index contributed by atoms with van der Waals surface area (Å²) in [4.78, 5) is 25.9. The standard InChI is InChI=1S/C25H25FN2O4/c1-15(11-24(29)28-9-7-17(8-10-28)25(27)30)19-12-20-21(16-3-5-18(26)6-4-16)14-32-23(20)13-22(19)31-2/h3-6,11-14,17H,7-10H2,1-2H3,(H2,27,30)/b15-11+. The first-order valence-corrected chi connectivity index (χ1v) is 10.5. The predicted octanol–water partition coefficient (Wildman–Crippen LogP) is 4.37. The second kappa shape index (κ2) is 8.86. The fraction of sp³-hybridized carbons (Fsp3) is 0.280. The number of halogens is 1. The van der Waals surface area contributed by atoms with Crippen molar-refractivity contribution in [1.29, 1.82) is 0 Å². The van der Waals surface area contributed by atoms with E-state index >= 15 is 0 Å². The summed E-state index contributed by atoms with van der Waals surface area (Å²) in [7, 11) is 1.57. The van der Waals surface area contributed by atoms with E-state index in [0.717, 1.165) is 27.6 Å². The normalized spacial score (nSPS) is 15.2. The lowest BCUT2D eigenvalue weighted by Gasteiger charge is -2.30. The highest BCUT2D eigenvalue weighted by atomic mass is 19.1. The van der Waals surface area contributed by atoms with Gasteiger partial charge >= 0.3 is 0 Å². The third-order valence-electron chi connectivity index (χ3n) is 6.02. The molecule has 0 unspecified atom stereocenters. The molecule has 0 bridgehead atoms. The summed E-state index contributed by atoms with van der Waals surface area (Å²) >= 11 is 0. The van der Waals surface area contributed by atoms with E-state index in [2.05, 4.69) is 0 Å². The van der Waals surface area contributed by atoms with Crippen molar-refractivity contribution in [1.82, 2.24) is 4.90 Å². The third-order valence-corrected chi connectivity index (χ3v) is 6.02. The molecule has 1 aliphatic heterocycles. The molecule has 32 heavy (non-hydrogen) atoms. The van der Waals surface area contributed by atoms with Gasteiger partial charge in [-0.15, -0.1) is 0 Å². The molecule has 0 saturated carbocycles. The Morgan fingerprint density at radius 2 is 1.88 bits per heavy atom. The van der Waals surface area contributed by atoms with Gasteiger partial charge in [0.25, 0.3) is 0 Å². The third kappa shape index (κ3) is 4.23. The molecule has 1 aliphatic rings. The molecule has 7 heteroatoms. The van der Waals surface area contributed by atoms with Crippen LogP contribution in [-0.4, -0.2) is 36.9 Å². The van der Waals surface area contributed by atoms with Gasteiger partial charge in [0.15, 0.2) is 0 Å². The number of piperidine rings is 1. The number of nitrogens with two attached hydrogens (primary N) is 1. The monoisotopic (exact) mass is 436 g/mol. The minimum absolute atomic E-state index is 0.112. The fourth-order valence-corrected chi connectivity index (χ4v) is 4.12. The second-order valence-corrected chi connectivity index (χ2v) is 8.03. The topological polar surface area (TPSA) is 85.8 Å². The van der Waals surface area contributed by atoms with Gasteiger partial charge in [0.05, 0.1) is 13.4 Å². The Labute approximate surface area is 185 Å². The van der Waals surface area contributed by atoms with Crippen LogP contribution in [0.25, 0.3) is 27.7 Å². The zero-order valence-corrected chi connectivity index (χ0v) is 18.1. The van der Waals surface area contributed by atoms with Gasteiger partial charge < -0.3 is 19.8 Å². The Hall–Kier alpha value is -3.61. The Balaban J connectivity index is 1.65. The van der Waals surface area contributed by atoms with Gasteiger partial charge in [-0.3, -0.25) is 9.59 Å². The minimum Gasteiger partial charge on any atom is -0.496 e. The van der Waals surface area contributed by atoms with Gasteiger partial charge in [0.2, 0.25) is 11.8 Å². The molecule has 1 fully saturated rings. The molecule has 0 atom stereocenters. The molecule has 2 aromatic carbocycles. The van der Waals surface area contributed by atoms with Crippen LogP contribution < -0.4 is 10.5 Å². The van der Waals surface area contributed by atoms with Crippen LogP contribution >= 0.6 is 0 Å². The van der Waals surface area contributed by atoms with Crippen molar-refractivity contribution in [2.24, 2.45) is 11.7 Å². The average molecular weight is 436 g/mol. The number of methoxy groups -OCH3 is 1. The van der Waals surface area contributed by atoms with Crippen molar-refractivity contribution in [2.45, 2.75) is 19.8 Å². The van der Waals surface area contributed by atoms with Crippen molar-refractivity contribution >= 4 is 28.4 Å². The minimum atomic E-state index is -0.307. The molecule has 0 radical (unpaired) electrons. The van der Waals surface area contributed by atoms with E-state index in [-0.39, 0.29) is 23.5 Å². The van der Waals surface area contributed by atoms with Crippen molar-refractivity contribution in [2.75, 3.05) is 20.2 Å². The number of allylic oxidation sites excluding steroid dienone is 1. The Morgan fingerprint density at radius 3 is 2.50 bits per heavy atom. The van der Waals surface area contributed by atoms with Crippen LogP contribution in [0.15, 0.2) is 53.2 Å². The number of carbonyl (C=O) groups excluding carboxylic acids is 2. The number of likely N-dealkylation sites (tertiary alicyclic amines) is 1. The summed E-state index contributed by atoms with van der Waals surface area (Å²) in [5.74, 6) is -0.303. The van der Waals surface area contributed by atoms with Gasteiger partial charge in [0, 0.05) is 47.7 Å². The van der Waals surface area contributed by atoms with Crippen LogP contribution in [0.1, 0.15) is 25.3 Å². The van der Waals surface area contributed by atoms with Crippen LogP contribution in [0.4, 0.5) is 4.39 Å². The summed E-state index contributed by atoms with van der Waals surface area (Å²) in [6.45, 7) is 2.86. The lowest BCUT2D eigenvalue weighted by Crippen LogP contribution is -2.41. The maximum Gasteiger partial charge on any atom is 0.246 e. The number of rotatable bonds is 5. The van der Waals surface area contributed by atoms with Crippen molar-refractivity contribution in [3.8, 4) is 16.9 Å². The van der Waals surface area contributed by atoms with E-state index in [1.807, 2.05) is 13.0 Å².